The number of rotatable bonds is 2. The fourth-order valence-electron chi connectivity index (χ4n) is 6.29. The van der Waals surface area contributed by atoms with Crippen molar-refractivity contribution in [2.75, 3.05) is 0 Å². The Balaban J connectivity index is 1.26. The highest BCUT2D eigenvalue weighted by Crippen LogP contribution is 2.41. The molecule has 0 amide bonds. The predicted molar refractivity (Wildman–Crippen MR) is 166 cm³/mol. The van der Waals surface area contributed by atoms with Crippen LogP contribution in [0, 0.1) is 0 Å². The fraction of sp³-hybridized carbons (Fsp3) is 0. The number of aromatic nitrogens is 1. The molecule has 0 saturated carbocycles. The minimum Gasteiger partial charge on any atom is -0.456 e. The molecule has 0 fully saturated rings. The second-order valence-electron chi connectivity index (χ2n) is 10.1. The number of fused-ring (bicyclic) bond motifs is 9. The summed E-state index contributed by atoms with van der Waals surface area (Å²) < 4.78 is 11.2. The summed E-state index contributed by atoms with van der Waals surface area (Å²) in [6, 6.07) is 45.8. The maximum Gasteiger partial charge on any atom is 0.136 e. The van der Waals surface area contributed by atoms with Gasteiger partial charge < -0.3 is 8.98 Å². The highest BCUT2D eigenvalue weighted by atomic mass is 32.1. The summed E-state index contributed by atoms with van der Waals surface area (Å²) in [6.45, 7) is 0. The van der Waals surface area contributed by atoms with E-state index in [0.29, 0.717) is 0 Å². The van der Waals surface area contributed by atoms with Crippen molar-refractivity contribution in [1.82, 2.24) is 4.57 Å². The third kappa shape index (κ3) is 2.96. The number of hydrogen-bond donors (Lipinski definition) is 0. The van der Waals surface area contributed by atoms with Crippen molar-refractivity contribution >= 4 is 75.3 Å². The first-order chi connectivity index (χ1) is 19.3. The molecule has 0 aliphatic heterocycles. The van der Waals surface area contributed by atoms with Gasteiger partial charge >= 0.3 is 0 Å². The molecule has 0 N–H and O–H groups in total. The summed E-state index contributed by atoms with van der Waals surface area (Å²) >= 11 is 1.86. The molecular formula is C36H21NOS. The number of furan rings is 1. The molecule has 0 radical (unpaired) electrons. The van der Waals surface area contributed by atoms with E-state index in [9.17, 15) is 0 Å². The maximum atomic E-state index is 6.16. The van der Waals surface area contributed by atoms with E-state index in [-0.39, 0.29) is 0 Å². The van der Waals surface area contributed by atoms with Crippen molar-refractivity contribution in [3.8, 4) is 16.8 Å². The Kier molecular flexibility index (Phi) is 4.24. The lowest BCUT2D eigenvalue weighted by Crippen LogP contribution is -1.93. The van der Waals surface area contributed by atoms with Gasteiger partial charge in [-0.2, -0.15) is 0 Å². The Labute approximate surface area is 227 Å². The quantitative estimate of drug-likeness (QED) is 0.224. The maximum absolute atomic E-state index is 6.16. The Bertz CT molecular complexity index is 2350. The highest BCUT2D eigenvalue weighted by molar-refractivity contribution is 7.25. The number of nitrogens with zero attached hydrogens (tertiary/aromatic N) is 1. The lowest BCUT2D eigenvalue weighted by molar-refractivity contribution is 0.669. The van der Waals surface area contributed by atoms with Crippen LogP contribution in [0.5, 0.6) is 0 Å². The molecule has 0 aliphatic carbocycles. The summed E-state index contributed by atoms with van der Waals surface area (Å²) in [6.07, 6.45) is 0. The van der Waals surface area contributed by atoms with Crippen LogP contribution < -0.4 is 0 Å². The van der Waals surface area contributed by atoms with Gasteiger partial charge in [0.05, 0.1) is 11.0 Å². The van der Waals surface area contributed by atoms with Gasteiger partial charge in [-0.25, -0.2) is 0 Å². The molecule has 0 unspecified atom stereocenters. The van der Waals surface area contributed by atoms with Crippen LogP contribution in [0.4, 0.5) is 0 Å². The van der Waals surface area contributed by atoms with Crippen molar-refractivity contribution in [2.45, 2.75) is 0 Å². The van der Waals surface area contributed by atoms with E-state index >= 15 is 0 Å². The van der Waals surface area contributed by atoms with E-state index in [1.807, 2.05) is 23.5 Å². The van der Waals surface area contributed by atoms with Gasteiger partial charge in [0, 0.05) is 47.4 Å². The Morgan fingerprint density at radius 3 is 2.03 bits per heavy atom. The highest BCUT2D eigenvalue weighted by Gasteiger charge is 2.15. The molecule has 0 atom stereocenters. The molecule has 39 heavy (non-hydrogen) atoms. The summed E-state index contributed by atoms with van der Waals surface area (Å²) in [4.78, 5) is 0. The monoisotopic (exact) mass is 515 g/mol. The zero-order valence-electron chi connectivity index (χ0n) is 20.9. The SMILES string of the molecule is c1ccc2c(c1)oc1cccc(-c3ccc4c(c3)sc3ccc(-n5c6ccccc6c6ccccc65)cc34)c12. The van der Waals surface area contributed by atoms with Crippen molar-refractivity contribution in [3.05, 3.63) is 127 Å². The van der Waals surface area contributed by atoms with Gasteiger partial charge in [0.2, 0.25) is 0 Å². The van der Waals surface area contributed by atoms with Gasteiger partial charge in [-0.1, -0.05) is 78.9 Å². The zero-order chi connectivity index (χ0) is 25.5. The Hall–Kier alpha value is -4.86. The van der Waals surface area contributed by atoms with Crippen LogP contribution in [0.3, 0.4) is 0 Å². The Morgan fingerprint density at radius 2 is 1.21 bits per heavy atom. The molecule has 2 nitrogen and oxygen atoms in total. The summed E-state index contributed by atoms with van der Waals surface area (Å²) in [5, 5.41) is 7.51. The molecule has 3 heteroatoms. The van der Waals surface area contributed by atoms with Crippen LogP contribution in [0.15, 0.2) is 132 Å². The van der Waals surface area contributed by atoms with E-state index in [1.165, 1.54) is 64.2 Å². The van der Waals surface area contributed by atoms with Gasteiger partial charge in [0.15, 0.2) is 0 Å². The summed E-state index contributed by atoms with van der Waals surface area (Å²) in [5.74, 6) is 0. The van der Waals surface area contributed by atoms with Gasteiger partial charge in [0.25, 0.3) is 0 Å². The molecule has 0 bridgehead atoms. The Morgan fingerprint density at radius 1 is 0.487 bits per heavy atom. The third-order valence-electron chi connectivity index (χ3n) is 8.01. The van der Waals surface area contributed by atoms with Crippen LogP contribution in [0.1, 0.15) is 0 Å². The van der Waals surface area contributed by atoms with Gasteiger partial charge in [-0.15, -0.1) is 11.3 Å². The smallest absolute Gasteiger partial charge is 0.136 e. The van der Waals surface area contributed by atoms with Crippen LogP contribution in [-0.4, -0.2) is 4.57 Å². The van der Waals surface area contributed by atoms with Crippen molar-refractivity contribution in [1.29, 1.82) is 0 Å². The molecule has 0 saturated heterocycles. The lowest BCUT2D eigenvalue weighted by Gasteiger charge is -2.08. The average Bonchev–Trinajstić information content (AvgIpc) is 3.65. The number of hydrogen-bond acceptors (Lipinski definition) is 2. The number of benzene rings is 6. The van der Waals surface area contributed by atoms with Crippen molar-refractivity contribution < 1.29 is 4.42 Å². The van der Waals surface area contributed by atoms with Crippen LogP contribution in [-0.2, 0) is 0 Å². The number of para-hydroxylation sites is 3. The van der Waals surface area contributed by atoms with Gasteiger partial charge in [0.1, 0.15) is 11.2 Å². The molecule has 6 aromatic carbocycles. The third-order valence-corrected chi connectivity index (χ3v) is 9.14. The normalized spacial score (nSPS) is 12.1. The average molecular weight is 516 g/mol. The first kappa shape index (κ1) is 21.1. The van der Waals surface area contributed by atoms with Gasteiger partial charge in [-0.05, 0) is 59.7 Å². The summed E-state index contributed by atoms with van der Waals surface area (Å²) in [7, 11) is 0. The van der Waals surface area contributed by atoms with Crippen LogP contribution >= 0.6 is 11.3 Å². The first-order valence-electron chi connectivity index (χ1n) is 13.2. The molecule has 3 heterocycles. The van der Waals surface area contributed by atoms with E-state index in [4.69, 9.17) is 4.42 Å². The molecule has 9 aromatic rings. The van der Waals surface area contributed by atoms with E-state index in [1.54, 1.807) is 0 Å². The van der Waals surface area contributed by atoms with E-state index < -0.39 is 0 Å². The second-order valence-corrected chi connectivity index (χ2v) is 11.2. The van der Waals surface area contributed by atoms with Crippen LogP contribution in [0.25, 0.3) is 80.7 Å². The molecule has 182 valence electrons. The van der Waals surface area contributed by atoms with E-state index in [2.05, 4.69) is 120 Å². The lowest BCUT2D eigenvalue weighted by atomic mass is 9.98. The molecule has 0 spiro atoms. The molecule has 3 aromatic heterocycles. The first-order valence-corrected chi connectivity index (χ1v) is 14.0. The largest absolute Gasteiger partial charge is 0.456 e. The predicted octanol–water partition coefficient (Wildman–Crippen LogP) is 10.7. The minimum absolute atomic E-state index is 0.931. The molecular weight excluding hydrogens is 494 g/mol. The van der Waals surface area contributed by atoms with E-state index in [0.717, 1.165) is 16.6 Å². The van der Waals surface area contributed by atoms with Crippen LogP contribution in [0.2, 0.25) is 0 Å². The summed E-state index contributed by atoms with van der Waals surface area (Å²) in [5.41, 5.74) is 7.96. The zero-order valence-corrected chi connectivity index (χ0v) is 21.7. The van der Waals surface area contributed by atoms with Gasteiger partial charge in [-0.3, -0.25) is 0 Å². The van der Waals surface area contributed by atoms with Crippen molar-refractivity contribution in [3.63, 3.8) is 0 Å². The minimum atomic E-state index is 0.931. The number of thiophene rings is 1. The standard InChI is InChI=1S/C36H21NOS/c1-4-12-30-25(8-1)26-9-2-5-13-31(26)37(30)23-17-19-34-29(21-23)27-18-16-22(20-35(27)39-34)24-11-7-15-33-36(24)28-10-3-6-14-32(28)38-33/h1-21H. The molecule has 0 aliphatic rings. The second kappa shape index (κ2) is 7.83. The topological polar surface area (TPSA) is 18.1 Å². The van der Waals surface area contributed by atoms with Crippen molar-refractivity contribution in [2.24, 2.45) is 0 Å². The fourth-order valence-corrected chi connectivity index (χ4v) is 7.41. The molecule has 9 rings (SSSR count).